The van der Waals surface area contributed by atoms with Gasteiger partial charge in [-0.15, -0.1) is 0 Å². The first kappa shape index (κ1) is 29.4. The lowest BCUT2D eigenvalue weighted by atomic mass is 9.85. The summed E-state index contributed by atoms with van der Waals surface area (Å²) in [4.78, 5) is 0. The van der Waals surface area contributed by atoms with Crippen LogP contribution in [0, 0.1) is 0 Å². The van der Waals surface area contributed by atoms with E-state index in [2.05, 4.69) is 164 Å². The summed E-state index contributed by atoms with van der Waals surface area (Å²) in [5.74, 6) is 0. The van der Waals surface area contributed by atoms with E-state index >= 15 is 0 Å². The number of furan rings is 2. The Labute approximate surface area is 310 Å². The van der Waals surface area contributed by atoms with E-state index < -0.39 is 0 Å². The standard InChI is InChI=1S/C52H30O2/c1-2-12-31(13-3-1)47-38-16-6-8-18-40(38)48(41-19-9-7-17-39(41)47)35-24-22-33-29-36(25-23-32(33)28-35)49-37-15-5-4-14-34(37)30-43-51-46(54-52(43)49)27-26-45-50(51)42-20-10-11-21-44(42)53-45/h1-30H. The molecule has 0 bridgehead atoms. The van der Waals surface area contributed by atoms with E-state index in [1.165, 1.54) is 65.3 Å². The van der Waals surface area contributed by atoms with Gasteiger partial charge in [-0.3, -0.25) is 0 Å². The van der Waals surface area contributed by atoms with Gasteiger partial charge in [-0.1, -0.05) is 146 Å². The predicted molar refractivity (Wildman–Crippen MR) is 227 cm³/mol. The lowest BCUT2D eigenvalue weighted by Gasteiger charge is -2.18. The number of hydrogen-bond acceptors (Lipinski definition) is 2. The molecule has 12 aromatic rings. The summed E-state index contributed by atoms with van der Waals surface area (Å²) in [5, 5.41) is 14.2. The number of para-hydroxylation sites is 1. The van der Waals surface area contributed by atoms with Crippen LogP contribution in [0.2, 0.25) is 0 Å². The van der Waals surface area contributed by atoms with Crippen LogP contribution in [0.1, 0.15) is 0 Å². The molecule has 2 aromatic heterocycles. The van der Waals surface area contributed by atoms with Gasteiger partial charge in [-0.25, -0.2) is 0 Å². The molecule has 250 valence electrons. The molecule has 2 heterocycles. The molecule has 0 N–H and O–H groups in total. The second-order valence-corrected chi connectivity index (χ2v) is 14.3. The zero-order valence-corrected chi connectivity index (χ0v) is 29.1. The van der Waals surface area contributed by atoms with Crippen LogP contribution in [-0.4, -0.2) is 0 Å². The molecule has 0 aliphatic carbocycles. The van der Waals surface area contributed by atoms with E-state index in [9.17, 15) is 0 Å². The molecule has 0 spiro atoms. The van der Waals surface area contributed by atoms with E-state index in [4.69, 9.17) is 8.83 Å². The normalized spacial score (nSPS) is 12.1. The summed E-state index contributed by atoms with van der Waals surface area (Å²) in [5.41, 5.74) is 10.8. The molecule has 2 heteroatoms. The molecule has 54 heavy (non-hydrogen) atoms. The highest BCUT2D eigenvalue weighted by Crippen LogP contribution is 2.47. The molecular formula is C52H30O2. The van der Waals surface area contributed by atoms with Crippen molar-refractivity contribution in [1.29, 1.82) is 0 Å². The molecule has 10 aromatic carbocycles. The van der Waals surface area contributed by atoms with Gasteiger partial charge >= 0.3 is 0 Å². The highest BCUT2D eigenvalue weighted by atomic mass is 16.3. The van der Waals surface area contributed by atoms with Gasteiger partial charge in [-0.2, -0.15) is 0 Å². The van der Waals surface area contributed by atoms with Crippen LogP contribution in [-0.2, 0) is 0 Å². The van der Waals surface area contributed by atoms with Crippen LogP contribution in [0.3, 0.4) is 0 Å². The Morgan fingerprint density at radius 3 is 1.43 bits per heavy atom. The van der Waals surface area contributed by atoms with Gasteiger partial charge in [0.25, 0.3) is 0 Å². The van der Waals surface area contributed by atoms with Crippen molar-refractivity contribution in [2.24, 2.45) is 0 Å². The Hall–Kier alpha value is -7.16. The first-order chi connectivity index (χ1) is 26.8. The van der Waals surface area contributed by atoms with Gasteiger partial charge in [0.2, 0.25) is 0 Å². The summed E-state index contributed by atoms with van der Waals surface area (Å²) in [6.07, 6.45) is 0. The van der Waals surface area contributed by atoms with Crippen LogP contribution in [0.25, 0.3) is 120 Å². The number of rotatable bonds is 3. The van der Waals surface area contributed by atoms with Crippen molar-refractivity contribution in [3.05, 3.63) is 182 Å². The Kier molecular flexibility index (Phi) is 6.09. The minimum absolute atomic E-state index is 0.865. The van der Waals surface area contributed by atoms with E-state index in [-0.39, 0.29) is 0 Å². The molecule has 0 unspecified atom stereocenters. The topological polar surface area (TPSA) is 26.3 Å². The SMILES string of the molecule is c1ccc(-c2c3ccccc3c(-c3ccc4cc(-c5c6ccccc6cc6c5oc5ccc7oc8ccccc8c7c56)ccc4c3)c3ccccc23)cc1. The zero-order valence-electron chi connectivity index (χ0n) is 29.1. The maximum Gasteiger partial charge on any atom is 0.143 e. The van der Waals surface area contributed by atoms with Crippen LogP contribution < -0.4 is 0 Å². The molecule has 0 saturated carbocycles. The van der Waals surface area contributed by atoms with Gasteiger partial charge in [0.1, 0.15) is 22.3 Å². The minimum Gasteiger partial charge on any atom is -0.456 e. The number of benzene rings is 10. The van der Waals surface area contributed by atoms with Crippen LogP contribution >= 0.6 is 0 Å². The van der Waals surface area contributed by atoms with Crippen molar-refractivity contribution >= 4 is 87.0 Å². The van der Waals surface area contributed by atoms with Gasteiger partial charge in [0.15, 0.2) is 0 Å². The lowest BCUT2D eigenvalue weighted by molar-refractivity contribution is 0.663. The van der Waals surface area contributed by atoms with E-state index in [1.807, 2.05) is 18.2 Å². The first-order valence-corrected chi connectivity index (χ1v) is 18.5. The van der Waals surface area contributed by atoms with Gasteiger partial charge in [0.05, 0.1) is 0 Å². The van der Waals surface area contributed by atoms with Crippen LogP contribution in [0.5, 0.6) is 0 Å². The number of fused-ring (bicyclic) bond motifs is 11. The Morgan fingerprint density at radius 2 is 0.759 bits per heavy atom. The van der Waals surface area contributed by atoms with Gasteiger partial charge in [-0.05, 0) is 107 Å². The molecule has 0 aliphatic rings. The molecule has 0 atom stereocenters. The second-order valence-electron chi connectivity index (χ2n) is 14.3. The third-order valence-corrected chi connectivity index (χ3v) is 11.4. The Balaban J connectivity index is 1.08. The summed E-state index contributed by atoms with van der Waals surface area (Å²) in [6, 6.07) is 65.6. The Bertz CT molecular complexity index is 3430. The van der Waals surface area contributed by atoms with Crippen molar-refractivity contribution in [2.45, 2.75) is 0 Å². The van der Waals surface area contributed by atoms with Crippen molar-refractivity contribution in [2.75, 3.05) is 0 Å². The second kappa shape index (κ2) is 11.2. The fourth-order valence-electron chi connectivity index (χ4n) is 9.08. The highest BCUT2D eigenvalue weighted by Gasteiger charge is 2.21. The number of hydrogen-bond donors (Lipinski definition) is 0. The summed E-state index contributed by atoms with van der Waals surface area (Å²) < 4.78 is 13.1. The molecule has 0 saturated heterocycles. The van der Waals surface area contributed by atoms with Crippen LogP contribution in [0.4, 0.5) is 0 Å². The molecule has 0 radical (unpaired) electrons. The molecule has 0 aliphatic heterocycles. The largest absolute Gasteiger partial charge is 0.456 e. The zero-order chi connectivity index (χ0) is 35.3. The van der Waals surface area contributed by atoms with E-state index in [1.54, 1.807) is 0 Å². The van der Waals surface area contributed by atoms with Crippen molar-refractivity contribution in [3.63, 3.8) is 0 Å². The fraction of sp³-hybridized carbons (Fsp3) is 0. The van der Waals surface area contributed by atoms with Crippen molar-refractivity contribution in [1.82, 2.24) is 0 Å². The fourth-order valence-corrected chi connectivity index (χ4v) is 9.08. The van der Waals surface area contributed by atoms with Crippen molar-refractivity contribution < 1.29 is 8.83 Å². The molecule has 0 fully saturated rings. The highest BCUT2D eigenvalue weighted by molar-refractivity contribution is 6.29. The quantitative estimate of drug-likeness (QED) is 0.173. The van der Waals surface area contributed by atoms with Crippen molar-refractivity contribution in [3.8, 4) is 33.4 Å². The third kappa shape index (κ3) is 4.17. The maximum atomic E-state index is 6.84. The summed E-state index contributed by atoms with van der Waals surface area (Å²) >= 11 is 0. The lowest BCUT2D eigenvalue weighted by Crippen LogP contribution is -1.91. The average molecular weight is 687 g/mol. The van der Waals surface area contributed by atoms with Gasteiger partial charge in [0, 0.05) is 27.1 Å². The monoisotopic (exact) mass is 686 g/mol. The Morgan fingerprint density at radius 1 is 0.259 bits per heavy atom. The summed E-state index contributed by atoms with van der Waals surface area (Å²) in [7, 11) is 0. The first-order valence-electron chi connectivity index (χ1n) is 18.5. The summed E-state index contributed by atoms with van der Waals surface area (Å²) in [6.45, 7) is 0. The van der Waals surface area contributed by atoms with E-state index in [0.717, 1.165) is 55.0 Å². The minimum atomic E-state index is 0.865. The van der Waals surface area contributed by atoms with Gasteiger partial charge < -0.3 is 8.83 Å². The molecule has 0 amide bonds. The molecule has 2 nitrogen and oxygen atoms in total. The van der Waals surface area contributed by atoms with E-state index in [0.29, 0.717) is 0 Å². The smallest absolute Gasteiger partial charge is 0.143 e. The molecular weight excluding hydrogens is 657 g/mol. The molecule has 12 rings (SSSR count). The average Bonchev–Trinajstić information content (AvgIpc) is 3.79. The maximum absolute atomic E-state index is 6.84. The van der Waals surface area contributed by atoms with Crippen LogP contribution in [0.15, 0.2) is 191 Å². The third-order valence-electron chi connectivity index (χ3n) is 11.4. The predicted octanol–water partition coefficient (Wildman–Crippen LogP) is 15.1.